The molecule has 1 unspecified atom stereocenters. The molecule has 3 rings (SSSR count). The molecule has 0 bridgehead atoms. The zero-order chi connectivity index (χ0) is 23.9. The van der Waals surface area contributed by atoms with Gasteiger partial charge in [-0.2, -0.15) is 4.72 Å². The number of sulfonamides is 1. The van der Waals surface area contributed by atoms with Gasteiger partial charge in [0.05, 0.1) is 11.2 Å². The van der Waals surface area contributed by atoms with E-state index in [-0.39, 0.29) is 16.0 Å². The van der Waals surface area contributed by atoms with Gasteiger partial charge in [-0.1, -0.05) is 42.0 Å². The Balaban J connectivity index is 2.45. The molecule has 0 saturated carbocycles. The number of benzene rings is 2. The van der Waals surface area contributed by atoms with E-state index in [2.05, 4.69) is 4.72 Å². The Morgan fingerprint density at radius 1 is 0.938 bits per heavy atom. The van der Waals surface area contributed by atoms with Crippen LogP contribution in [0, 0.1) is 6.92 Å². The highest BCUT2D eigenvalue weighted by molar-refractivity contribution is 7.96. The van der Waals surface area contributed by atoms with E-state index in [1.807, 2.05) is 0 Å². The summed E-state index contributed by atoms with van der Waals surface area (Å²) < 4.78 is 77.7. The predicted molar refractivity (Wildman–Crippen MR) is 119 cm³/mol. The standard InChI is InChI=1S/C20H22NO8PS2/c1-14-9-11-15(12-10-14)32(26,27)18-13-20(21-31(4,24)25,30(23,28-2)29-3)17-8-6-5-7-16(17)19(18)22/h5-13,21H,1-4H3. The van der Waals surface area contributed by atoms with Gasteiger partial charge in [0, 0.05) is 25.3 Å². The van der Waals surface area contributed by atoms with Gasteiger partial charge in [0.2, 0.25) is 25.6 Å². The zero-order valence-electron chi connectivity index (χ0n) is 17.7. The Morgan fingerprint density at radius 3 is 2.03 bits per heavy atom. The minimum absolute atomic E-state index is 0.0506. The van der Waals surface area contributed by atoms with Crippen LogP contribution in [0.5, 0.6) is 0 Å². The summed E-state index contributed by atoms with van der Waals surface area (Å²) in [5.74, 6) is -0.870. The molecule has 2 aromatic rings. The van der Waals surface area contributed by atoms with Gasteiger partial charge in [-0.25, -0.2) is 16.8 Å². The predicted octanol–water partition coefficient (Wildman–Crippen LogP) is 2.74. The summed E-state index contributed by atoms with van der Waals surface area (Å²) >= 11 is 0. The summed E-state index contributed by atoms with van der Waals surface area (Å²) in [7, 11) is -10.9. The summed E-state index contributed by atoms with van der Waals surface area (Å²) in [6.07, 6.45) is 1.63. The van der Waals surface area contributed by atoms with E-state index in [1.165, 1.54) is 36.4 Å². The third kappa shape index (κ3) is 4.00. The van der Waals surface area contributed by atoms with Crippen LogP contribution in [0.4, 0.5) is 0 Å². The highest BCUT2D eigenvalue weighted by atomic mass is 32.2. The average Bonchev–Trinajstić information content (AvgIpc) is 2.74. The summed E-state index contributed by atoms with van der Waals surface area (Å²) in [6.45, 7) is 1.77. The van der Waals surface area contributed by atoms with Crippen LogP contribution in [0.25, 0.3) is 0 Å². The smallest absolute Gasteiger partial charge is 0.310 e. The zero-order valence-corrected chi connectivity index (χ0v) is 20.3. The molecule has 0 radical (unpaired) electrons. The van der Waals surface area contributed by atoms with E-state index >= 15 is 0 Å². The Bertz CT molecular complexity index is 1360. The number of ketones is 1. The second-order valence-corrected chi connectivity index (χ2v) is 13.3. The van der Waals surface area contributed by atoms with Crippen molar-refractivity contribution in [3.05, 3.63) is 76.2 Å². The normalized spacial score (nSPS) is 19.4. The Hall–Kier alpha value is -2.14. The number of sulfone groups is 1. The monoisotopic (exact) mass is 499 g/mol. The first-order valence-electron chi connectivity index (χ1n) is 9.21. The summed E-state index contributed by atoms with van der Waals surface area (Å²) in [4.78, 5) is 12.3. The van der Waals surface area contributed by atoms with Gasteiger partial charge in [-0.15, -0.1) is 0 Å². The molecule has 1 atom stereocenters. The molecule has 172 valence electrons. The SMILES string of the molecule is COP(=O)(OC)C1(NS(C)(=O)=O)C=C(S(=O)(=O)c2ccc(C)cc2)C(=O)c2ccccc21. The van der Waals surface area contributed by atoms with Crippen molar-refractivity contribution < 1.29 is 35.2 Å². The van der Waals surface area contributed by atoms with Crippen LogP contribution in [0.1, 0.15) is 21.5 Å². The van der Waals surface area contributed by atoms with Crippen LogP contribution in [0.15, 0.2) is 64.4 Å². The maximum atomic E-state index is 13.7. The first-order valence-corrected chi connectivity index (χ1v) is 14.1. The van der Waals surface area contributed by atoms with Crippen molar-refractivity contribution in [2.24, 2.45) is 0 Å². The highest BCUT2D eigenvalue weighted by Crippen LogP contribution is 2.65. The largest absolute Gasteiger partial charge is 0.359 e. The van der Waals surface area contributed by atoms with E-state index in [1.54, 1.807) is 19.1 Å². The minimum Gasteiger partial charge on any atom is -0.310 e. The molecule has 0 saturated heterocycles. The van der Waals surface area contributed by atoms with Crippen molar-refractivity contribution in [3.63, 3.8) is 0 Å². The van der Waals surface area contributed by atoms with E-state index in [0.29, 0.717) is 0 Å². The van der Waals surface area contributed by atoms with Crippen molar-refractivity contribution in [2.45, 2.75) is 17.1 Å². The van der Waals surface area contributed by atoms with Crippen LogP contribution in [0.2, 0.25) is 0 Å². The van der Waals surface area contributed by atoms with Crippen LogP contribution in [-0.4, -0.2) is 43.1 Å². The van der Waals surface area contributed by atoms with Crippen LogP contribution in [-0.2, 0) is 38.8 Å². The van der Waals surface area contributed by atoms with Crippen LogP contribution in [0.3, 0.4) is 0 Å². The summed E-state index contributed by atoms with van der Waals surface area (Å²) in [6, 6.07) is 11.4. The first-order chi connectivity index (χ1) is 14.8. The molecular formula is C20H22NO8PS2. The van der Waals surface area contributed by atoms with Crippen molar-refractivity contribution in [3.8, 4) is 0 Å². The molecule has 0 amide bonds. The van der Waals surface area contributed by atoms with Crippen molar-refractivity contribution in [1.29, 1.82) is 0 Å². The van der Waals surface area contributed by atoms with E-state index in [0.717, 1.165) is 32.1 Å². The highest BCUT2D eigenvalue weighted by Gasteiger charge is 2.57. The molecule has 0 fully saturated rings. The lowest BCUT2D eigenvalue weighted by Gasteiger charge is -2.39. The maximum absolute atomic E-state index is 13.7. The molecule has 1 aliphatic carbocycles. The number of carbonyl (C=O) groups excluding carboxylic acids is 1. The Kier molecular flexibility index (Phi) is 6.38. The molecular weight excluding hydrogens is 477 g/mol. The number of fused-ring (bicyclic) bond motifs is 1. The summed E-state index contributed by atoms with van der Waals surface area (Å²) in [5, 5.41) is -2.30. The molecule has 32 heavy (non-hydrogen) atoms. The lowest BCUT2D eigenvalue weighted by atomic mass is 9.92. The van der Waals surface area contributed by atoms with Gasteiger partial charge in [0.1, 0.15) is 4.91 Å². The molecule has 1 N–H and O–H groups in total. The Morgan fingerprint density at radius 2 is 1.50 bits per heavy atom. The van der Waals surface area contributed by atoms with E-state index in [4.69, 9.17) is 9.05 Å². The second kappa shape index (κ2) is 8.33. The molecule has 0 aliphatic heterocycles. The number of Topliss-reactive ketones (excluding diaryl/α,β-unsaturated/α-hetero) is 1. The van der Waals surface area contributed by atoms with Gasteiger partial charge in [-0.05, 0) is 25.1 Å². The number of nitrogens with one attached hydrogen (secondary N) is 1. The second-order valence-electron chi connectivity index (χ2n) is 7.20. The number of hydrogen-bond acceptors (Lipinski definition) is 8. The molecule has 0 heterocycles. The fourth-order valence-corrected chi connectivity index (χ4v) is 8.24. The van der Waals surface area contributed by atoms with E-state index < -0.39 is 43.4 Å². The van der Waals surface area contributed by atoms with Crippen molar-refractivity contribution >= 4 is 33.2 Å². The van der Waals surface area contributed by atoms with Crippen molar-refractivity contribution in [2.75, 3.05) is 20.5 Å². The van der Waals surface area contributed by atoms with Gasteiger partial charge >= 0.3 is 7.60 Å². The fraction of sp³-hybridized carbons (Fsp3) is 0.250. The minimum atomic E-state index is -4.43. The van der Waals surface area contributed by atoms with Gasteiger partial charge in [-0.3, -0.25) is 9.36 Å². The van der Waals surface area contributed by atoms with E-state index in [9.17, 15) is 26.2 Å². The maximum Gasteiger partial charge on any atom is 0.359 e. The third-order valence-corrected chi connectivity index (χ3v) is 9.95. The number of rotatable bonds is 7. The van der Waals surface area contributed by atoms with Gasteiger partial charge in [0.15, 0.2) is 5.28 Å². The van der Waals surface area contributed by atoms with Crippen LogP contribution < -0.4 is 4.72 Å². The number of aryl methyl sites for hydroxylation is 1. The first kappa shape index (κ1) is 24.5. The third-order valence-electron chi connectivity index (χ3n) is 5.02. The summed E-state index contributed by atoms with van der Waals surface area (Å²) in [5.41, 5.74) is 0.603. The fourth-order valence-electron chi connectivity index (χ4n) is 3.54. The van der Waals surface area contributed by atoms with Gasteiger partial charge in [0.25, 0.3) is 0 Å². The lowest BCUT2D eigenvalue weighted by Crippen LogP contribution is -2.48. The number of hydrogen-bond donors (Lipinski definition) is 1. The molecule has 12 heteroatoms. The topological polar surface area (TPSA) is 133 Å². The lowest BCUT2D eigenvalue weighted by molar-refractivity contribution is 0.103. The van der Waals surface area contributed by atoms with Gasteiger partial charge < -0.3 is 9.05 Å². The molecule has 0 spiro atoms. The molecule has 2 aromatic carbocycles. The number of allylic oxidation sites excluding steroid dienone is 1. The molecule has 9 nitrogen and oxygen atoms in total. The quantitative estimate of drug-likeness (QED) is 0.575. The Labute approximate surface area is 187 Å². The van der Waals surface area contributed by atoms with Crippen LogP contribution >= 0.6 is 7.60 Å². The molecule has 1 aliphatic rings. The number of carbonyl (C=O) groups is 1. The average molecular weight is 500 g/mol. The van der Waals surface area contributed by atoms with Crippen molar-refractivity contribution in [1.82, 2.24) is 4.72 Å². The molecule has 0 aromatic heterocycles.